The van der Waals surface area contributed by atoms with Crippen molar-refractivity contribution in [1.82, 2.24) is 14.4 Å². The lowest BCUT2D eigenvalue weighted by Crippen LogP contribution is -2.21. The number of ketones is 1. The van der Waals surface area contributed by atoms with Crippen molar-refractivity contribution in [1.29, 1.82) is 0 Å². The van der Waals surface area contributed by atoms with Crippen LogP contribution in [0.3, 0.4) is 0 Å². The van der Waals surface area contributed by atoms with E-state index < -0.39 is 0 Å². The van der Waals surface area contributed by atoms with E-state index in [1.54, 1.807) is 7.11 Å². The average molecular weight is 455 g/mol. The van der Waals surface area contributed by atoms with Crippen LogP contribution in [0.5, 0.6) is 0 Å². The van der Waals surface area contributed by atoms with Crippen molar-refractivity contribution in [3.63, 3.8) is 0 Å². The summed E-state index contributed by atoms with van der Waals surface area (Å²) in [5, 5.41) is 3.45. The number of imidazole rings is 1. The molecule has 2 heterocycles. The third-order valence-corrected chi connectivity index (χ3v) is 6.52. The number of nitrogens with one attached hydrogen (secondary N) is 1. The van der Waals surface area contributed by atoms with Gasteiger partial charge in [0.25, 0.3) is 0 Å². The fraction of sp³-hybridized carbons (Fsp3) is 0.321. The van der Waals surface area contributed by atoms with E-state index in [-0.39, 0.29) is 11.9 Å². The maximum atomic E-state index is 12.5. The van der Waals surface area contributed by atoms with Gasteiger partial charge in [0.2, 0.25) is 0 Å². The summed E-state index contributed by atoms with van der Waals surface area (Å²) in [5.74, 6) is 1.54. The summed E-state index contributed by atoms with van der Waals surface area (Å²) in [6.07, 6.45) is 7.92. The van der Waals surface area contributed by atoms with Crippen molar-refractivity contribution >= 4 is 17.2 Å². The van der Waals surface area contributed by atoms with Gasteiger partial charge in [0, 0.05) is 43.0 Å². The fourth-order valence-corrected chi connectivity index (χ4v) is 4.20. The summed E-state index contributed by atoms with van der Waals surface area (Å²) in [6.45, 7) is 2.75. The van der Waals surface area contributed by atoms with Gasteiger partial charge in [-0.05, 0) is 25.2 Å². The summed E-state index contributed by atoms with van der Waals surface area (Å²) >= 11 is 0. The predicted octanol–water partition coefficient (Wildman–Crippen LogP) is 5.88. The summed E-state index contributed by atoms with van der Waals surface area (Å²) in [7, 11) is 1.73. The molecule has 174 valence electrons. The van der Waals surface area contributed by atoms with Crippen LogP contribution in [0.25, 0.3) is 28.2 Å². The second kappa shape index (κ2) is 9.77. The van der Waals surface area contributed by atoms with Gasteiger partial charge in [-0.15, -0.1) is 0 Å². The summed E-state index contributed by atoms with van der Waals surface area (Å²) in [4.78, 5) is 22.1. The molecule has 6 nitrogen and oxygen atoms in total. The molecule has 1 unspecified atom stereocenters. The molecule has 0 saturated heterocycles. The molecular weight excluding hydrogens is 424 g/mol. The van der Waals surface area contributed by atoms with Gasteiger partial charge in [0.15, 0.2) is 17.2 Å². The number of nitrogens with zero attached hydrogens (tertiary/aromatic N) is 3. The number of benzene rings is 2. The third-order valence-electron chi connectivity index (χ3n) is 6.52. The zero-order valence-corrected chi connectivity index (χ0v) is 19.7. The number of aromatic nitrogens is 3. The monoisotopic (exact) mass is 454 g/mol. The Morgan fingerprint density at radius 3 is 2.56 bits per heavy atom. The Hall–Kier alpha value is -3.51. The Kier molecular flexibility index (Phi) is 6.41. The molecule has 34 heavy (non-hydrogen) atoms. The highest BCUT2D eigenvalue weighted by Crippen LogP contribution is 2.34. The minimum atomic E-state index is 0.0948. The molecule has 1 aliphatic rings. The standard InChI is InChI=1S/C28H30N4O2/c1-3-23(34-2)16-29-27-28-30-17-25(32(28)18-24(31-27)20-7-5-4-6-8-20)21-11-13-22(14-12-21)26(33)15-19-9-10-19/h4-8,11-14,17-19,23H,3,9-10,15-16H2,1-2H3,(H,29,31). The van der Waals surface area contributed by atoms with E-state index in [0.717, 1.165) is 46.0 Å². The second-order valence-electron chi connectivity index (χ2n) is 8.97. The smallest absolute Gasteiger partial charge is 0.180 e. The van der Waals surface area contributed by atoms with Gasteiger partial charge in [-0.25, -0.2) is 9.97 Å². The van der Waals surface area contributed by atoms with Crippen molar-refractivity contribution in [3.05, 3.63) is 72.6 Å². The van der Waals surface area contributed by atoms with Crippen LogP contribution in [-0.2, 0) is 4.74 Å². The first-order valence-corrected chi connectivity index (χ1v) is 12.0. The molecule has 1 atom stereocenters. The number of carbonyl (C=O) groups excluding carboxylic acids is 1. The lowest BCUT2D eigenvalue weighted by molar-refractivity contribution is 0.0976. The molecule has 0 bridgehead atoms. The highest BCUT2D eigenvalue weighted by atomic mass is 16.5. The number of methoxy groups -OCH3 is 1. The first-order chi connectivity index (χ1) is 16.7. The molecule has 2 aromatic carbocycles. The fourth-order valence-electron chi connectivity index (χ4n) is 4.20. The molecule has 0 aliphatic heterocycles. The van der Waals surface area contributed by atoms with Crippen LogP contribution in [0, 0.1) is 5.92 Å². The highest BCUT2D eigenvalue weighted by Gasteiger charge is 2.25. The molecule has 1 fully saturated rings. The van der Waals surface area contributed by atoms with E-state index in [9.17, 15) is 4.79 Å². The number of carbonyl (C=O) groups is 1. The molecule has 0 amide bonds. The van der Waals surface area contributed by atoms with E-state index in [1.807, 2.05) is 54.9 Å². The van der Waals surface area contributed by atoms with E-state index in [0.29, 0.717) is 18.9 Å². The number of fused-ring (bicyclic) bond motifs is 1. The zero-order valence-electron chi connectivity index (χ0n) is 19.7. The van der Waals surface area contributed by atoms with E-state index in [1.165, 1.54) is 12.8 Å². The highest BCUT2D eigenvalue weighted by molar-refractivity contribution is 5.96. The third kappa shape index (κ3) is 4.73. The number of Topliss-reactive ketones (excluding diaryl/α,β-unsaturated/α-hetero) is 1. The number of rotatable bonds is 10. The SMILES string of the molecule is CCC(CNc1nc(-c2ccccc2)cn2c(-c3ccc(C(=O)CC4CC4)cc3)cnc12)OC. The molecule has 0 radical (unpaired) electrons. The van der Waals surface area contributed by atoms with Gasteiger partial charge >= 0.3 is 0 Å². The van der Waals surface area contributed by atoms with Gasteiger partial charge in [-0.1, -0.05) is 61.5 Å². The van der Waals surface area contributed by atoms with Gasteiger partial charge < -0.3 is 10.1 Å². The van der Waals surface area contributed by atoms with Crippen molar-refractivity contribution in [2.75, 3.05) is 19.0 Å². The molecule has 1 N–H and O–H groups in total. The Labute approximate surface area is 200 Å². The van der Waals surface area contributed by atoms with Crippen LogP contribution in [0.15, 0.2) is 67.0 Å². The lowest BCUT2D eigenvalue weighted by atomic mass is 10.0. The summed E-state index contributed by atoms with van der Waals surface area (Å²) in [6, 6.07) is 18.0. The number of hydrogen-bond donors (Lipinski definition) is 1. The van der Waals surface area contributed by atoms with E-state index in [4.69, 9.17) is 14.7 Å². The van der Waals surface area contributed by atoms with E-state index >= 15 is 0 Å². The Morgan fingerprint density at radius 2 is 1.88 bits per heavy atom. The van der Waals surface area contributed by atoms with Crippen LogP contribution < -0.4 is 5.32 Å². The first-order valence-electron chi connectivity index (χ1n) is 12.0. The molecule has 6 heteroatoms. The minimum absolute atomic E-state index is 0.0948. The maximum Gasteiger partial charge on any atom is 0.180 e. The van der Waals surface area contributed by atoms with Crippen LogP contribution >= 0.6 is 0 Å². The van der Waals surface area contributed by atoms with Crippen LogP contribution in [0.1, 0.15) is 43.0 Å². The minimum Gasteiger partial charge on any atom is -0.380 e. The van der Waals surface area contributed by atoms with E-state index in [2.05, 4.69) is 28.8 Å². The Balaban J connectivity index is 1.52. The van der Waals surface area contributed by atoms with Gasteiger partial charge in [0.05, 0.1) is 23.7 Å². The largest absolute Gasteiger partial charge is 0.380 e. The van der Waals surface area contributed by atoms with Crippen molar-refractivity contribution < 1.29 is 9.53 Å². The molecule has 1 saturated carbocycles. The van der Waals surface area contributed by atoms with Crippen molar-refractivity contribution in [2.45, 2.75) is 38.7 Å². The zero-order chi connectivity index (χ0) is 23.5. The second-order valence-corrected chi connectivity index (χ2v) is 8.97. The average Bonchev–Trinajstić information content (AvgIpc) is 3.60. The molecular formula is C28H30N4O2. The first kappa shape index (κ1) is 22.3. The quantitative estimate of drug-likeness (QED) is 0.303. The lowest BCUT2D eigenvalue weighted by Gasteiger charge is -2.16. The van der Waals surface area contributed by atoms with Crippen LogP contribution in [0.2, 0.25) is 0 Å². The Morgan fingerprint density at radius 1 is 1.12 bits per heavy atom. The number of anilines is 1. The Bertz CT molecular complexity index is 1270. The summed E-state index contributed by atoms with van der Waals surface area (Å²) in [5.41, 5.74) is 5.40. The van der Waals surface area contributed by atoms with Crippen molar-refractivity contribution in [2.24, 2.45) is 5.92 Å². The normalized spacial score (nSPS) is 14.3. The maximum absolute atomic E-state index is 12.5. The van der Waals surface area contributed by atoms with Crippen LogP contribution in [0.4, 0.5) is 5.82 Å². The van der Waals surface area contributed by atoms with Gasteiger partial charge in [-0.3, -0.25) is 9.20 Å². The molecule has 0 spiro atoms. The van der Waals surface area contributed by atoms with Gasteiger partial charge in [-0.2, -0.15) is 0 Å². The molecule has 4 aromatic rings. The van der Waals surface area contributed by atoms with Gasteiger partial charge in [0.1, 0.15) is 0 Å². The number of ether oxygens (including phenoxy) is 1. The topological polar surface area (TPSA) is 68.5 Å². The molecule has 1 aliphatic carbocycles. The molecule has 5 rings (SSSR count). The van der Waals surface area contributed by atoms with Crippen LogP contribution in [-0.4, -0.2) is 39.9 Å². The predicted molar refractivity (Wildman–Crippen MR) is 135 cm³/mol. The summed E-state index contributed by atoms with van der Waals surface area (Å²) < 4.78 is 7.61. The van der Waals surface area contributed by atoms with Crippen molar-refractivity contribution in [3.8, 4) is 22.5 Å². The number of hydrogen-bond acceptors (Lipinski definition) is 5. The molecule has 2 aromatic heterocycles.